The van der Waals surface area contributed by atoms with Crippen molar-refractivity contribution >= 4 is 39.1 Å². The molecule has 1 unspecified atom stereocenters. The summed E-state index contributed by atoms with van der Waals surface area (Å²) in [7, 11) is 1.65. The Morgan fingerprint density at radius 2 is 2.10 bits per heavy atom. The van der Waals surface area contributed by atoms with E-state index in [-0.39, 0.29) is 5.38 Å². The number of ether oxygens (including phenoxy) is 2. The van der Waals surface area contributed by atoms with Crippen molar-refractivity contribution in [3.05, 3.63) is 27.2 Å². The summed E-state index contributed by atoms with van der Waals surface area (Å²) in [5.41, 5.74) is 0.952. The van der Waals surface area contributed by atoms with Gasteiger partial charge in [0.2, 0.25) is 0 Å². The summed E-state index contributed by atoms with van der Waals surface area (Å²) >= 11 is 16.1. The summed E-state index contributed by atoms with van der Waals surface area (Å²) in [6, 6.07) is 3.71. The Hall–Kier alpha value is 0.0400. The van der Waals surface area contributed by atoms with Crippen LogP contribution in [0.15, 0.2) is 16.6 Å². The first kappa shape index (κ1) is 16.4. The van der Waals surface area contributed by atoms with Crippen molar-refractivity contribution in [2.24, 2.45) is 5.92 Å². The molecule has 112 valence electrons. The minimum atomic E-state index is -0.0903. The molecule has 1 fully saturated rings. The van der Waals surface area contributed by atoms with Crippen molar-refractivity contribution in [2.45, 2.75) is 37.7 Å². The second kappa shape index (κ2) is 7.35. The molecule has 0 spiro atoms. The van der Waals surface area contributed by atoms with Crippen LogP contribution in [0.25, 0.3) is 0 Å². The Morgan fingerprint density at radius 1 is 1.40 bits per heavy atom. The van der Waals surface area contributed by atoms with Gasteiger partial charge < -0.3 is 9.47 Å². The highest BCUT2D eigenvalue weighted by atomic mass is 79.9. The van der Waals surface area contributed by atoms with Gasteiger partial charge in [0.05, 0.1) is 23.1 Å². The molecule has 1 saturated carbocycles. The Balaban J connectivity index is 2.01. The molecule has 0 amide bonds. The van der Waals surface area contributed by atoms with Crippen LogP contribution in [0.2, 0.25) is 5.02 Å². The van der Waals surface area contributed by atoms with Gasteiger partial charge in [-0.2, -0.15) is 0 Å². The van der Waals surface area contributed by atoms with E-state index in [1.54, 1.807) is 7.11 Å². The van der Waals surface area contributed by atoms with Gasteiger partial charge in [-0.1, -0.05) is 11.6 Å². The van der Waals surface area contributed by atoms with Crippen LogP contribution in [0.4, 0.5) is 0 Å². The van der Waals surface area contributed by atoms with Crippen LogP contribution in [0.1, 0.15) is 37.1 Å². The van der Waals surface area contributed by atoms with Gasteiger partial charge in [0.25, 0.3) is 0 Å². The minimum absolute atomic E-state index is 0.0903. The molecule has 2 nitrogen and oxygen atoms in total. The van der Waals surface area contributed by atoms with E-state index in [1.165, 1.54) is 0 Å². The first-order valence-corrected chi connectivity index (χ1v) is 8.44. The van der Waals surface area contributed by atoms with E-state index in [0.29, 0.717) is 17.0 Å². The molecule has 0 N–H and O–H groups in total. The number of hydrogen-bond acceptors (Lipinski definition) is 2. The van der Waals surface area contributed by atoms with Gasteiger partial charge in [0, 0.05) is 17.2 Å². The highest BCUT2D eigenvalue weighted by Crippen LogP contribution is 2.44. The SMILES string of the molecule is CCOC1CC(CC(Cl)c2cc(Cl)cc(Br)c2OC)C1. The Bertz CT molecular complexity index is 461. The van der Waals surface area contributed by atoms with Gasteiger partial charge in [-0.3, -0.25) is 0 Å². The van der Waals surface area contributed by atoms with E-state index in [2.05, 4.69) is 15.9 Å². The lowest BCUT2D eigenvalue weighted by Crippen LogP contribution is -2.31. The number of benzene rings is 1. The second-order valence-corrected chi connectivity index (χ2v) is 6.95. The van der Waals surface area contributed by atoms with Gasteiger partial charge in [0.1, 0.15) is 5.75 Å². The molecule has 0 heterocycles. The molecule has 1 aliphatic rings. The Labute approximate surface area is 138 Å². The van der Waals surface area contributed by atoms with Gasteiger partial charge >= 0.3 is 0 Å². The van der Waals surface area contributed by atoms with Crippen LogP contribution < -0.4 is 4.74 Å². The number of hydrogen-bond donors (Lipinski definition) is 0. The third-order valence-corrected chi connectivity index (χ3v) is 4.93. The van der Waals surface area contributed by atoms with Gasteiger partial charge in [-0.05, 0) is 60.2 Å². The summed E-state index contributed by atoms with van der Waals surface area (Å²) in [5.74, 6) is 1.39. The van der Waals surface area contributed by atoms with Crippen LogP contribution in [0, 0.1) is 5.92 Å². The third-order valence-electron chi connectivity index (χ3n) is 3.71. The highest BCUT2D eigenvalue weighted by molar-refractivity contribution is 9.10. The number of rotatable bonds is 6. The van der Waals surface area contributed by atoms with Crippen molar-refractivity contribution in [3.63, 3.8) is 0 Å². The molecule has 1 aromatic carbocycles. The zero-order valence-corrected chi connectivity index (χ0v) is 14.8. The van der Waals surface area contributed by atoms with Crippen molar-refractivity contribution in [1.29, 1.82) is 0 Å². The fourth-order valence-corrected chi connectivity index (χ4v) is 4.10. The zero-order valence-electron chi connectivity index (χ0n) is 11.7. The number of alkyl halides is 1. The summed E-state index contributed by atoms with van der Waals surface area (Å²) < 4.78 is 11.9. The van der Waals surface area contributed by atoms with Gasteiger partial charge in [-0.25, -0.2) is 0 Å². The molecule has 0 radical (unpaired) electrons. The quantitative estimate of drug-likeness (QED) is 0.597. The fraction of sp³-hybridized carbons (Fsp3) is 0.600. The first-order valence-electron chi connectivity index (χ1n) is 6.83. The number of halogens is 3. The predicted molar refractivity (Wildman–Crippen MR) is 87.1 cm³/mol. The molecule has 0 aliphatic heterocycles. The monoisotopic (exact) mass is 380 g/mol. The average Bonchev–Trinajstić information content (AvgIpc) is 2.35. The molecular weight excluding hydrogens is 363 g/mol. The molecule has 1 atom stereocenters. The van der Waals surface area contributed by atoms with Crippen LogP contribution in [-0.2, 0) is 4.74 Å². The molecule has 0 aromatic heterocycles. The smallest absolute Gasteiger partial charge is 0.137 e. The highest BCUT2D eigenvalue weighted by Gasteiger charge is 2.32. The molecule has 20 heavy (non-hydrogen) atoms. The van der Waals surface area contributed by atoms with Crippen LogP contribution in [0.5, 0.6) is 5.75 Å². The minimum Gasteiger partial charge on any atom is -0.495 e. The summed E-state index contributed by atoms with van der Waals surface area (Å²) in [6.45, 7) is 2.82. The van der Waals surface area contributed by atoms with Crippen molar-refractivity contribution in [2.75, 3.05) is 13.7 Å². The third kappa shape index (κ3) is 3.82. The Morgan fingerprint density at radius 3 is 2.70 bits per heavy atom. The molecular formula is C15H19BrCl2O2. The van der Waals surface area contributed by atoms with Gasteiger partial charge in [0.15, 0.2) is 0 Å². The van der Waals surface area contributed by atoms with E-state index < -0.39 is 0 Å². The van der Waals surface area contributed by atoms with Crippen LogP contribution in [-0.4, -0.2) is 19.8 Å². The molecule has 1 aromatic rings. The van der Waals surface area contributed by atoms with Crippen LogP contribution in [0.3, 0.4) is 0 Å². The molecule has 0 saturated heterocycles. The summed E-state index contributed by atoms with van der Waals surface area (Å²) in [5, 5.41) is 0.576. The fourth-order valence-electron chi connectivity index (χ4n) is 2.69. The van der Waals surface area contributed by atoms with Crippen molar-refractivity contribution < 1.29 is 9.47 Å². The number of methoxy groups -OCH3 is 1. The Kier molecular flexibility index (Phi) is 6.03. The maximum Gasteiger partial charge on any atom is 0.137 e. The normalized spacial score (nSPS) is 23.2. The standard InChI is InChI=1S/C15H19BrCl2O2/c1-3-20-11-4-9(5-11)6-14(18)12-7-10(17)8-13(16)15(12)19-2/h7-9,11,14H,3-6H2,1-2H3. The van der Waals surface area contributed by atoms with E-state index in [0.717, 1.165) is 41.7 Å². The lowest BCUT2D eigenvalue weighted by atomic mass is 9.78. The topological polar surface area (TPSA) is 18.5 Å². The van der Waals surface area contributed by atoms with E-state index in [4.69, 9.17) is 32.7 Å². The second-order valence-electron chi connectivity index (χ2n) is 5.13. The zero-order chi connectivity index (χ0) is 14.7. The summed E-state index contributed by atoms with van der Waals surface area (Å²) in [4.78, 5) is 0. The largest absolute Gasteiger partial charge is 0.495 e. The summed E-state index contributed by atoms with van der Waals surface area (Å²) in [6.07, 6.45) is 3.54. The van der Waals surface area contributed by atoms with E-state index in [1.807, 2.05) is 19.1 Å². The average molecular weight is 382 g/mol. The maximum atomic E-state index is 6.57. The lowest BCUT2D eigenvalue weighted by Gasteiger charge is -2.36. The lowest BCUT2D eigenvalue weighted by molar-refractivity contribution is -0.0267. The molecule has 5 heteroatoms. The maximum absolute atomic E-state index is 6.57. The van der Waals surface area contributed by atoms with Crippen LogP contribution >= 0.6 is 39.1 Å². The van der Waals surface area contributed by atoms with E-state index >= 15 is 0 Å². The predicted octanol–water partition coefficient (Wildman–Crippen LogP) is 5.60. The van der Waals surface area contributed by atoms with Crippen molar-refractivity contribution in [3.8, 4) is 5.75 Å². The van der Waals surface area contributed by atoms with E-state index in [9.17, 15) is 0 Å². The molecule has 1 aliphatic carbocycles. The molecule has 0 bridgehead atoms. The molecule has 2 rings (SSSR count). The first-order chi connectivity index (χ1) is 9.55. The van der Waals surface area contributed by atoms with Crippen molar-refractivity contribution in [1.82, 2.24) is 0 Å². The van der Waals surface area contributed by atoms with Gasteiger partial charge in [-0.15, -0.1) is 11.6 Å².